The van der Waals surface area contributed by atoms with Gasteiger partial charge in [-0.3, -0.25) is 0 Å². The molecule has 1 heterocycles. The van der Waals surface area contributed by atoms with Crippen molar-refractivity contribution in [1.29, 1.82) is 0 Å². The van der Waals surface area contributed by atoms with Crippen molar-refractivity contribution in [1.82, 2.24) is 0 Å². The summed E-state index contributed by atoms with van der Waals surface area (Å²) in [7, 11) is 0. The fourth-order valence-electron chi connectivity index (χ4n) is 2.97. The van der Waals surface area contributed by atoms with Crippen molar-refractivity contribution in [3.05, 3.63) is 12.2 Å². The lowest BCUT2D eigenvalue weighted by Crippen LogP contribution is -2.55. The Morgan fingerprint density at radius 2 is 1.67 bits per heavy atom. The second-order valence-electron chi connectivity index (χ2n) is 6.65. The maximum atomic E-state index is 9.93. The summed E-state index contributed by atoms with van der Waals surface area (Å²) in [5.41, 5.74) is 0. The third kappa shape index (κ3) is 8.58. The Bertz CT molecular complexity index is 319. The minimum Gasteiger partial charge on any atom is -0.394 e. The zero-order valence-electron chi connectivity index (χ0n) is 15.1. The van der Waals surface area contributed by atoms with Gasteiger partial charge < -0.3 is 24.8 Å². The molecule has 0 aromatic heterocycles. The number of aliphatic hydroxyl groups excluding tert-OH is 3. The van der Waals surface area contributed by atoms with E-state index in [1.165, 1.54) is 51.4 Å². The highest BCUT2D eigenvalue weighted by atomic mass is 16.6. The van der Waals surface area contributed by atoms with Gasteiger partial charge in [0.05, 0.1) is 19.8 Å². The predicted molar refractivity (Wildman–Crippen MR) is 94.9 cm³/mol. The molecule has 1 fully saturated rings. The molecule has 0 aromatic rings. The first-order valence-corrected chi connectivity index (χ1v) is 9.55. The molecule has 0 amide bonds. The van der Waals surface area contributed by atoms with Gasteiger partial charge in [-0.25, -0.2) is 0 Å². The number of hydrogen-bond donors (Lipinski definition) is 3. The summed E-state index contributed by atoms with van der Waals surface area (Å²) in [6, 6.07) is 0. The van der Waals surface area contributed by atoms with E-state index in [-0.39, 0.29) is 13.2 Å². The highest BCUT2D eigenvalue weighted by molar-refractivity contribution is 4.89. The minimum atomic E-state index is -1.02. The van der Waals surface area contributed by atoms with E-state index in [2.05, 4.69) is 13.0 Å². The molecule has 1 aliphatic rings. The number of hydrogen-bond acceptors (Lipinski definition) is 5. The van der Waals surface area contributed by atoms with Crippen molar-refractivity contribution in [2.24, 2.45) is 0 Å². The average molecular weight is 344 g/mol. The summed E-state index contributed by atoms with van der Waals surface area (Å²) in [6.07, 6.45) is 12.3. The van der Waals surface area contributed by atoms with Crippen LogP contribution in [0.1, 0.15) is 64.7 Å². The van der Waals surface area contributed by atoms with Crippen molar-refractivity contribution in [2.45, 2.75) is 89.1 Å². The van der Waals surface area contributed by atoms with Crippen molar-refractivity contribution >= 4 is 0 Å². The lowest BCUT2D eigenvalue weighted by molar-refractivity contribution is -0.208. The second-order valence-corrected chi connectivity index (χ2v) is 6.65. The Labute approximate surface area is 146 Å². The summed E-state index contributed by atoms with van der Waals surface area (Å²) in [5.74, 6) is 0. The third-order valence-corrected chi connectivity index (χ3v) is 4.53. The van der Waals surface area contributed by atoms with Gasteiger partial charge in [-0.1, -0.05) is 64.0 Å². The second kappa shape index (κ2) is 13.8. The van der Waals surface area contributed by atoms with Crippen molar-refractivity contribution < 1.29 is 24.8 Å². The van der Waals surface area contributed by atoms with Crippen LogP contribution in [0.5, 0.6) is 0 Å². The molecular weight excluding hydrogens is 308 g/mol. The normalized spacial score (nSPS) is 27.8. The molecule has 0 aliphatic carbocycles. The number of ether oxygens (including phenoxy) is 2. The molecule has 0 bridgehead atoms. The molecule has 1 saturated heterocycles. The Balaban J connectivity index is 2.04. The molecular formula is C19H36O5. The maximum Gasteiger partial charge on any atom is 0.115 e. The van der Waals surface area contributed by atoms with Crippen LogP contribution in [0.25, 0.3) is 0 Å². The first-order chi connectivity index (χ1) is 11.7. The van der Waals surface area contributed by atoms with Crippen LogP contribution in [0.2, 0.25) is 0 Å². The van der Waals surface area contributed by atoms with Gasteiger partial charge >= 0.3 is 0 Å². The predicted octanol–water partition coefficient (Wildman–Crippen LogP) is 2.57. The van der Waals surface area contributed by atoms with Crippen molar-refractivity contribution in [3.8, 4) is 0 Å². The Morgan fingerprint density at radius 3 is 2.33 bits per heavy atom. The highest BCUT2D eigenvalue weighted by Crippen LogP contribution is 2.18. The Kier molecular flexibility index (Phi) is 12.4. The summed E-state index contributed by atoms with van der Waals surface area (Å²) in [5, 5.41) is 28.8. The van der Waals surface area contributed by atoms with E-state index in [1.54, 1.807) is 0 Å². The van der Waals surface area contributed by atoms with Crippen LogP contribution in [0, 0.1) is 0 Å². The van der Waals surface area contributed by atoms with Crippen molar-refractivity contribution in [3.63, 3.8) is 0 Å². The number of allylic oxidation sites excluding steroid dienone is 1. The zero-order valence-corrected chi connectivity index (χ0v) is 15.1. The van der Waals surface area contributed by atoms with Crippen LogP contribution in [0.15, 0.2) is 12.2 Å². The zero-order chi connectivity index (χ0) is 17.6. The third-order valence-electron chi connectivity index (χ3n) is 4.53. The van der Waals surface area contributed by atoms with Gasteiger partial charge in [-0.2, -0.15) is 0 Å². The van der Waals surface area contributed by atoms with Gasteiger partial charge in [0.25, 0.3) is 0 Å². The van der Waals surface area contributed by atoms with Crippen LogP contribution in [0.3, 0.4) is 0 Å². The molecule has 5 nitrogen and oxygen atoms in total. The lowest BCUT2D eigenvalue weighted by Gasteiger charge is -2.37. The van der Waals surface area contributed by atoms with E-state index in [0.717, 1.165) is 6.42 Å². The van der Waals surface area contributed by atoms with Gasteiger partial charge in [-0.15, -0.1) is 0 Å². The Hall–Kier alpha value is -0.460. The topological polar surface area (TPSA) is 79.2 Å². The highest BCUT2D eigenvalue weighted by Gasteiger charge is 2.38. The molecule has 0 saturated carbocycles. The molecule has 3 N–H and O–H groups in total. The standard InChI is InChI=1S/C19H36O5/c1-2-3-4-5-6-7-8-9-10-11-12-13-23-19-17(14-20)24-15-16(21)18(19)22/h11-12,16-22H,2-10,13-15H2,1H3/b12-11+/t16-,17+,18+,19+/m0/s1. The molecule has 5 heteroatoms. The molecule has 0 radical (unpaired) electrons. The SMILES string of the molecule is CCCCCCCCCC/C=C/CO[C@H]1[C@H](O)[C@@H](O)CO[C@@H]1CO. The Morgan fingerprint density at radius 1 is 1.00 bits per heavy atom. The molecule has 1 rings (SSSR count). The smallest absolute Gasteiger partial charge is 0.115 e. The van der Waals surface area contributed by atoms with Crippen LogP contribution < -0.4 is 0 Å². The fourth-order valence-corrected chi connectivity index (χ4v) is 2.97. The monoisotopic (exact) mass is 344 g/mol. The first kappa shape index (κ1) is 21.6. The summed E-state index contributed by atoms with van der Waals surface area (Å²) >= 11 is 0. The molecule has 0 spiro atoms. The van der Waals surface area contributed by atoms with Gasteiger partial charge in [0.2, 0.25) is 0 Å². The van der Waals surface area contributed by atoms with Crippen LogP contribution in [0.4, 0.5) is 0 Å². The van der Waals surface area contributed by atoms with E-state index >= 15 is 0 Å². The summed E-state index contributed by atoms with van der Waals surface area (Å²) in [6.45, 7) is 2.40. The van der Waals surface area contributed by atoms with E-state index in [9.17, 15) is 15.3 Å². The van der Waals surface area contributed by atoms with Gasteiger partial charge in [0.1, 0.15) is 24.4 Å². The van der Waals surface area contributed by atoms with Crippen LogP contribution >= 0.6 is 0 Å². The molecule has 4 atom stereocenters. The van der Waals surface area contributed by atoms with E-state index in [0.29, 0.717) is 6.61 Å². The molecule has 0 aromatic carbocycles. The molecule has 24 heavy (non-hydrogen) atoms. The summed E-state index contributed by atoms with van der Waals surface area (Å²) in [4.78, 5) is 0. The maximum absolute atomic E-state index is 9.93. The van der Waals surface area contributed by atoms with Crippen LogP contribution in [-0.4, -0.2) is 59.6 Å². The van der Waals surface area contributed by atoms with Gasteiger partial charge in [-0.05, 0) is 12.8 Å². The van der Waals surface area contributed by atoms with Crippen molar-refractivity contribution in [2.75, 3.05) is 19.8 Å². The fraction of sp³-hybridized carbons (Fsp3) is 0.895. The van der Waals surface area contributed by atoms with Gasteiger partial charge in [0.15, 0.2) is 0 Å². The average Bonchev–Trinajstić information content (AvgIpc) is 2.59. The van der Waals surface area contributed by atoms with E-state index in [1.807, 2.05) is 6.08 Å². The summed E-state index contributed by atoms with van der Waals surface area (Å²) < 4.78 is 10.8. The minimum absolute atomic E-state index is 0.0283. The van der Waals surface area contributed by atoms with Crippen LogP contribution in [-0.2, 0) is 9.47 Å². The molecule has 0 unspecified atom stereocenters. The number of rotatable bonds is 13. The quantitative estimate of drug-likeness (QED) is 0.353. The first-order valence-electron chi connectivity index (χ1n) is 9.55. The molecule has 142 valence electrons. The number of aliphatic hydroxyl groups is 3. The molecule has 1 aliphatic heterocycles. The number of unbranched alkanes of at least 4 members (excludes halogenated alkanes) is 8. The lowest BCUT2D eigenvalue weighted by atomic mass is 10.0. The van der Waals surface area contributed by atoms with E-state index < -0.39 is 24.4 Å². The van der Waals surface area contributed by atoms with Gasteiger partial charge in [0, 0.05) is 0 Å². The van der Waals surface area contributed by atoms with E-state index in [4.69, 9.17) is 9.47 Å². The largest absolute Gasteiger partial charge is 0.394 e.